The van der Waals surface area contributed by atoms with Crippen LogP contribution in [0.15, 0.2) is 34.1 Å². The number of primary amides is 1. The molecule has 1 aromatic rings. The van der Waals surface area contributed by atoms with Crippen LogP contribution in [0.3, 0.4) is 0 Å². The van der Waals surface area contributed by atoms with Gasteiger partial charge in [0.25, 0.3) is 0 Å². The molecule has 8 nitrogen and oxygen atoms in total. The summed E-state index contributed by atoms with van der Waals surface area (Å²) in [7, 11) is -7.51. The van der Waals surface area contributed by atoms with Crippen molar-refractivity contribution in [1.29, 1.82) is 0 Å². The maximum atomic E-state index is 12.9. The van der Waals surface area contributed by atoms with Crippen molar-refractivity contribution in [1.82, 2.24) is 8.61 Å². The molecule has 26 heavy (non-hydrogen) atoms. The fourth-order valence-corrected chi connectivity index (χ4v) is 6.66. The van der Waals surface area contributed by atoms with Crippen LogP contribution in [0.2, 0.25) is 0 Å². The van der Waals surface area contributed by atoms with Gasteiger partial charge in [0.2, 0.25) is 26.0 Å². The molecule has 10 heteroatoms. The molecule has 0 aromatic heterocycles. The van der Waals surface area contributed by atoms with Crippen molar-refractivity contribution in [3.63, 3.8) is 0 Å². The minimum Gasteiger partial charge on any atom is -0.368 e. The van der Waals surface area contributed by atoms with E-state index in [2.05, 4.69) is 0 Å². The smallest absolute Gasteiger partial charge is 0.243 e. The van der Waals surface area contributed by atoms with Crippen LogP contribution in [0.1, 0.15) is 32.1 Å². The molecule has 144 valence electrons. The summed E-state index contributed by atoms with van der Waals surface area (Å²) in [6.07, 6.45) is 3.46. The third kappa shape index (κ3) is 3.51. The molecule has 0 unspecified atom stereocenters. The van der Waals surface area contributed by atoms with Crippen molar-refractivity contribution in [2.45, 2.75) is 47.9 Å². The minimum atomic E-state index is -3.91. The van der Waals surface area contributed by atoms with Gasteiger partial charge in [-0.15, -0.1) is 0 Å². The summed E-state index contributed by atoms with van der Waals surface area (Å²) < 4.78 is 53.4. The summed E-state index contributed by atoms with van der Waals surface area (Å²) in [6, 6.07) is 4.32. The first-order valence-electron chi connectivity index (χ1n) is 8.66. The molecule has 0 aliphatic carbocycles. The second-order valence-corrected chi connectivity index (χ2v) is 10.4. The number of sulfonamides is 2. The fraction of sp³-hybridized carbons (Fsp3) is 0.562. The van der Waals surface area contributed by atoms with Crippen LogP contribution < -0.4 is 5.73 Å². The van der Waals surface area contributed by atoms with Crippen LogP contribution in [0, 0.1) is 0 Å². The van der Waals surface area contributed by atoms with E-state index < -0.39 is 32.0 Å². The molecular weight excluding hydrogens is 378 g/mol. The maximum absolute atomic E-state index is 12.9. The molecule has 2 heterocycles. The van der Waals surface area contributed by atoms with Crippen LogP contribution in [0.25, 0.3) is 0 Å². The lowest BCUT2D eigenvalue weighted by atomic mass is 10.0. The van der Waals surface area contributed by atoms with E-state index in [0.29, 0.717) is 25.9 Å². The Morgan fingerprint density at radius 3 is 1.88 bits per heavy atom. The molecule has 1 atom stereocenters. The monoisotopic (exact) mass is 401 g/mol. The van der Waals surface area contributed by atoms with Crippen LogP contribution in [0.5, 0.6) is 0 Å². The zero-order chi connectivity index (χ0) is 18.9. The first-order valence-corrected chi connectivity index (χ1v) is 11.5. The van der Waals surface area contributed by atoms with Gasteiger partial charge < -0.3 is 5.73 Å². The van der Waals surface area contributed by atoms with Crippen molar-refractivity contribution in [2.24, 2.45) is 5.73 Å². The zero-order valence-corrected chi connectivity index (χ0v) is 16.0. The highest BCUT2D eigenvalue weighted by Gasteiger charge is 2.37. The number of carbonyl (C=O) groups excluding carboxylic acids is 1. The number of benzene rings is 1. The molecule has 0 saturated carbocycles. The Hall–Kier alpha value is -1.49. The van der Waals surface area contributed by atoms with Gasteiger partial charge in [-0.1, -0.05) is 6.42 Å². The summed E-state index contributed by atoms with van der Waals surface area (Å²) in [5, 5.41) is 0. The Morgan fingerprint density at radius 1 is 0.846 bits per heavy atom. The first kappa shape index (κ1) is 19.3. The number of amides is 1. The standard InChI is InChI=1S/C16H23N3O5S2/c17-16(20)15-5-1-2-12-19(15)26(23,24)14-8-6-13(7-9-14)25(21,22)18-10-3-4-11-18/h6-9,15H,1-5,10-12H2,(H2,17,20)/t15-/m0/s1. The quantitative estimate of drug-likeness (QED) is 0.771. The predicted octanol–water partition coefficient (Wildman–Crippen LogP) is 0.500. The van der Waals surface area contributed by atoms with E-state index in [1.165, 1.54) is 28.6 Å². The molecule has 1 amide bonds. The molecule has 0 spiro atoms. The zero-order valence-electron chi connectivity index (χ0n) is 14.4. The summed E-state index contributed by atoms with van der Waals surface area (Å²) in [4.78, 5) is 11.6. The average Bonchev–Trinajstić information content (AvgIpc) is 3.17. The number of nitrogens with zero attached hydrogens (tertiary/aromatic N) is 2. The third-order valence-corrected chi connectivity index (χ3v) is 8.75. The lowest BCUT2D eigenvalue weighted by Gasteiger charge is -2.32. The van der Waals surface area contributed by atoms with Crippen molar-refractivity contribution >= 4 is 26.0 Å². The number of carbonyl (C=O) groups is 1. The number of nitrogens with two attached hydrogens (primary N) is 1. The van der Waals surface area contributed by atoms with Gasteiger partial charge in [-0.25, -0.2) is 16.8 Å². The van der Waals surface area contributed by atoms with E-state index in [1.54, 1.807) is 0 Å². The molecule has 2 N–H and O–H groups in total. The molecule has 0 bridgehead atoms. The Labute approximate surface area is 154 Å². The Balaban J connectivity index is 1.88. The summed E-state index contributed by atoms with van der Waals surface area (Å²) in [6.45, 7) is 1.19. The van der Waals surface area contributed by atoms with Gasteiger partial charge in [0.05, 0.1) is 9.79 Å². The van der Waals surface area contributed by atoms with E-state index in [1.807, 2.05) is 0 Å². The third-order valence-electron chi connectivity index (χ3n) is 4.92. The number of piperidine rings is 1. The fourth-order valence-electron chi connectivity index (χ4n) is 3.47. The normalized spacial score (nSPS) is 23.2. The average molecular weight is 402 g/mol. The van der Waals surface area contributed by atoms with Gasteiger partial charge in [0.1, 0.15) is 6.04 Å². The van der Waals surface area contributed by atoms with Gasteiger partial charge >= 0.3 is 0 Å². The van der Waals surface area contributed by atoms with Crippen molar-refractivity contribution < 1.29 is 21.6 Å². The van der Waals surface area contributed by atoms with E-state index in [4.69, 9.17) is 5.73 Å². The van der Waals surface area contributed by atoms with Crippen molar-refractivity contribution in [3.8, 4) is 0 Å². The van der Waals surface area contributed by atoms with E-state index >= 15 is 0 Å². The molecule has 2 fully saturated rings. The molecule has 1 aromatic carbocycles. The lowest BCUT2D eigenvalue weighted by molar-refractivity contribution is -0.122. The second kappa shape index (κ2) is 7.26. The van der Waals surface area contributed by atoms with E-state index in [9.17, 15) is 21.6 Å². The highest BCUT2D eigenvalue weighted by atomic mass is 32.2. The molecule has 3 rings (SSSR count). The maximum Gasteiger partial charge on any atom is 0.243 e. The summed E-state index contributed by atoms with van der Waals surface area (Å²) in [5.41, 5.74) is 5.35. The van der Waals surface area contributed by atoms with Gasteiger partial charge in [0, 0.05) is 19.6 Å². The first-order chi connectivity index (χ1) is 12.2. The van der Waals surface area contributed by atoms with Gasteiger partial charge in [-0.2, -0.15) is 8.61 Å². The molecular formula is C16H23N3O5S2. The Morgan fingerprint density at radius 2 is 1.35 bits per heavy atom. The summed E-state index contributed by atoms with van der Waals surface area (Å²) in [5.74, 6) is -0.665. The van der Waals surface area contributed by atoms with Crippen molar-refractivity contribution in [2.75, 3.05) is 19.6 Å². The second-order valence-electron chi connectivity index (χ2n) is 6.61. The lowest BCUT2D eigenvalue weighted by Crippen LogP contribution is -2.50. The van der Waals surface area contributed by atoms with Gasteiger partial charge in [-0.3, -0.25) is 4.79 Å². The van der Waals surface area contributed by atoms with Gasteiger partial charge in [-0.05, 0) is 49.9 Å². The largest absolute Gasteiger partial charge is 0.368 e. The van der Waals surface area contributed by atoms with E-state index in [-0.39, 0.29) is 16.3 Å². The SMILES string of the molecule is NC(=O)[C@@H]1CCCCN1S(=O)(=O)c1ccc(S(=O)(=O)N2CCCC2)cc1. The number of hydrogen-bond donors (Lipinski definition) is 1. The van der Waals surface area contributed by atoms with Crippen LogP contribution in [0.4, 0.5) is 0 Å². The highest BCUT2D eigenvalue weighted by Crippen LogP contribution is 2.27. The molecule has 2 saturated heterocycles. The van der Waals surface area contributed by atoms with Crippen molar-refractivity contribution in [3.05, 3.63) is 24.3 Å². The van der Waals surface area contributed by atoms with Gasteiger partial charge in [0.15, 0.2) is 0 Å². The Kier molecular flexibility index (Phi) is 5.38. The predicted molar refractivity (Wildman–Crippen MR) is 95.2 cm³/mol. The molecule has 2 aliphatic heterocycles. The summed E-state index contributed by atoms with van der Waals surface area (Å²) >= 11 is 0. The van der Waals surface area contributed by atoms with E-state index in [0.717, 1.165) is 23.6 Å². The minimum absolute atomic E-state index is 0.0361. The highest BCUT2D eigenvalue weighted by molar-refractivity contribution is 7.89. The molecule has 0 radical (unpaired) electrons. The number of rotatable bonds is 5. The van der Waals surface area contributed by atoms with Crippen LogP contribution in [-0.2, 0) is 24.8 Å². The number of hydrogen-bond acceptors (Lipinski definition) is 5. The molecule has 2 aliphatic rings. The Bertz CT molecular complexity index is 875. The van der Waals surface area contributed by atoms with Crippen LogP contribution in [-0.4, -0.2) is 57.0 Å². The topological polar surface area (TPSA) is 118 Å². The van der Waals surface area contributed by atoms with Crippen LogP contribution >= 0.6 is 0 Å².